The number of hydrogen-bond donors (Lipinski definition) is 1. The molecular weight excluding hydrogens is 574 g/mol. The zero-order chi connectivity index (χ0) is 30.1. The minimum absolute atomic E-state index is 0.0258. The second-order valence-electron chi connectivity index (χ2n) is 10.3. The van der Waals surface area contributed by atoms with Crippen molar-refractivity contribution in [2.75, 3.05) is 17.5 Å². The molecule has 1 aliphatic carbocycles. The van der Waals surface area contributed by atoms with Gasteiger partial charge >= 0.3 is 0 Å². The van der Waals surface area contributed by atoms with Crippen molar-refractivity contribution in [1.29, 1.82) is 0 Å². The summed E-state index contributed by atoms with van der Waals surface area (Å²) < 4.78 is 34.5. The molecule has 1 N–H and O–H groups in total. The molecule has 0 aliphatic heterocycles. The highest BCUT2D eigenvalue weighted by Gasteiger charge is 2.34. The van der Waals surface area contributed by atoms with E-state index in [2.05, 4.69) is 5.32 Å². The van der Waals surface area contributed by atoms with Crippen LogP contribution in [0.15, 0.2) is 83.8 Å². The summed E-state index contributed by atoms with van der Waals surface area (Å²) in [6.45, 7) is 3.79. The Balaban J connectivity index is 1.68. The molecule has 0 aromatic heterocycles. The summed E-state index contributed by atoms with van der Waals surface area (Å²) >= 11 is 6.09. The second-order valence-corrected chi connectivity index (χ2v) is 12.6. The number of carbonyl (C=O) groups excluding carboxylic acids is 2. The Hall–Kier alpha value is -3.56. The number of nitrogens with zero attached hydrogens (tertiary/aromatic N) is 2. The number of para-hydroxylation sites is 1. The summed E-state index contributed by atoms with van der Waals surface area (Å²) in [6.07, 6.45) is 4.31. The Kier molecular flexibility index (Phi) is 10.9. The normalized spacial score (nSPS) is 14.3. The van der Waals surface area contributed by atoms with E-state index in [-0.39, 0.29) is 23.4 Å². The van der Waals surface area contributed by atoms with E-state index >= 15 is 0 Å². The van der Waals surface area contributed by atoms with Gasteiger partial charge in [0.2, 0.25) is 11.8 Å². The predicted octanol–water partition coefficient (Wildman–Crippen LogP) is 5.80. The fourth-order valence-electron chi connectivity index (χ4n) is 5.20. The van der Waals surface area contributed by atoms with Gasteiger partial charge in [0.25, 0.3) is 10.0 Å². The van der Waals surface area contributed by atoms with E-state index in [0.29, 0.717) is 29.5 Å². The molecule has 3 aromatic rings. The average Bonchev–Trinajstić information content (AvgIpc) is 3.50. The van der Waals surface area contributed by atoms with Crippen LogP contribution >= 0.6 is 11.6 Å². The smallest absolute Gasteiger partial charge is 0.264 e. The summed E-state index contributed by atoms with van der Waals surface area (Å²) in [5.41, 5.74) is 1.12. The lowest BCUT2D eigenvalue weighted by Gasteiger charge is -2.33. The average molecular weight is 612 g/mol. The van der Waals surface area contributed by atoms with Crippen molar-refractivity contribution >= 4 is 39.1 Å². The Morgan fingerprint density at radius 1 is 0.952 bits per heavy atom. The molecule has 0 heterocycles. The molecule has 0 spiro atoms. The quantitative estimate of drug-likeness (QED) is 0.264. The van der Waals surface area contributed by atoms with Crippen molar-refractivity contribution in [2.24, 2.45) is 0 Å². The van der Waals surface area contributed by atoms with Gasteiger partial charge in [-0.3, -0.25) is 13.9 Å². The van der Waals surface area contributed by atoms with Gasteiger partial charge < -0.3 is 15.0 Å². The summed E-state index contributed by atoms with van der Waals surface area (Å²) in [6, 6.07) is 21.0. The van der Waals surface area contributed by atoms with E-state index in [1.807, 2.05) is 13.8 Å². The molecular formula is C32H38ClN3O5S. The molecule has 224 valence electrons. The topological polar surface area (TPSA) is 96.0 Å². The van der Waals surface area contributed by atoms with Crippen molar-refractivity contribution in [2.45, 2.75) is 69.5 Å². The zero-order valence-electron chi connectivity index (χ0n) is 24.0. The fourth-order valence-corrected chi connectivity index (χ4v) is 6.74. The maximum Gasteiger partial charge on any atom is 0.264 e. The lowest BCUT2D eigenvalue weighted by molar-refractivity contribution is -0.140. The molecule has 3 aromatic carbocycles. The third-order valence-electron chi connectivity index (χ3n) is 7.40. The van der Waals surface area contributed by atoms with E-state index in [9.17, 15) is 18.0 Å². The van der Waals surface area contributed by atoms with Crippen molar-refractivity contribution in [3.63, 3.8) is 0 Å². The van der Waals surface area contributed by atoms with E-state index in [1.54, 1.807) is 66.7 Å². The van der Waals surface area contributed by atoms with Crippen LogP contribution in [0.25, 0.3) is 0 Å². The number of carbonyl (C=O) groups is 2. The number of rotatable bonds is 13. The molecule has 1 saturated carbocycles. The van der Waals surface area contributed by atoms with Gasteiger partial charge in [-0.1, -0.05) is 61.7 Å². The monoisotopic (exact) mass is 611 g/mol. The van der Waals surface area contributed by atoms with Crippen LogP contribution in [-0.2, 0) is 26.2 Å². The first-order valence-electron chi connectivity index (χ1n) is 14.4. The van der Waals surface area contributed by atoms with Crippen LogP contribution in [0.3, 0.4) is 0 Å². The van der Waals surface area contributed by atoms with Gasteiger partial charge in [-0.15, -0.1) is 0 Å². The number of amides is 2. The number of nitrogens with one attached hydrogen (secondary N) is 1. The lowest BCUT2D eigenvalue weighted by Crippen LogP contribution is -2.53. The van der Waals surface area contributed by atoms with E-state index < -0.39 is 28.5 Å². The van der Waals surface area contributed by atoms with Crippen LogP contribution in [0.1, 0.15) is 51.5 Å². The molecule has 42 heavy (non-hydrogen) atoms. The van der Waals surface area contributed by atoms with Crippen LogP contribution in [0.5, 0.6) is 5.75 Å². The first-order chi connectivity index (χ1) is 20.2. The third kappa shape index (κ3) is 7.83. The summed E-state index contributed by atoms with van der Waals surface area (Å²) in [7, 11) is -4.15. The molecule has 0 bridgehead atoms. The van der Waals surface area contributed by atoms with Crippen LogP contribution < -0.4 is 14.4 Å². The summed E-state index contributed by atoms with van der Waals surface area (Å²) in [5, 5.41) is 3.67. The molecule has 1 unspecified atom stereocenters. The number of anilines is 1. The van der Waals surface area contributed by atoms with Gasteiger partial charge in [0.05, 0.1) is 17.2 Å². The van der Waals surface area contributed by atoms with Gasteiger partial charge in [0.15, 0.2) is 0 Å². The highest BCUT2D eigenvalue weighted by molar-refractivity contribution is 7.92. The highest BCUT2D eigenvalue weighted by atomic mass is 35.5. The van der Waals surface area contributed by atoms with Crippen molar-refractivity contribution < 1.29 is 22.7 Å². The zero-order valence-corrected chi connectivity index (χ0v) is 25.6. The predicted molar refractivity (Wildman–Crippen MR) is 165 cm³/mol. The SMILES string of the molecule is CCOc1ccc(S(=O)(=O)N(CC(=O)N(Cc2ccc(Cl)cc2)C(CC)C(=O)NC2CCCC2)c2ccccc2)cc1. The molecule has 8 nitrogen and oxygen atoms in total. The number of halogens is 1. The number of hydrogen-bond acceptors (Lipinski definition) is 5. The van der Waals surface area contributed by atoms with Crippen LogP contribution in [-0.4, -0.2) is 50.4 Å². The first kappa shape index (κ1) is 31.4. The Labute approximate surface area is 253 Å². The fraction of sp³-hybridized carbons (Fsp3) is 0.375. The van der Waals surface area contributed by atoms with Crippen molar-refractivity contribution in [3.05, 3.63) is 89.4 Å². The minimum atomic E-state index is -4.15. The summed E-state index contributed by atoms with van der Waals surface area (Å²) in [5.74, 6) is -0.170. The van der Waals surface area contributed by atoms with E-state index in [4.69, 9.17) is 16.3 Å². The Morgan fingerprint density at radius 3 is 2.19 bits per heavy atom. The van der Waals surface area contributed by atoms with E-state index in [0.717, 1.165) is 35.6 Å². The molecule has 1 fully saturated rings. The summed E-state index contributed by atoms with van der Waals surface area (Å²) in [4.78, 5) is 29.2. The Bertz CT molecular complexity index is 1430. The first-order valence-corrected chi connectivity index (χ1v) is 16.2. The molecule has 2 amide bonds. The molecule has 1 atom stereocenters. The molecule has 0 saturated heterocycles. The van der Waals surface area contributed by atoms with Crippen LogP contribution in [0.2, 0.25) is 5.02 Å². The maximum atomic E-state index is 14.2. The highest BCUT2D eigenvalue weighted by Crippen LogP contribution is 2.26. The van der Waals surface area contributed by atoms with Crippen LogP contribution in [0.4, 0.5) is 5.69 Å². The van der Waals surface area contributed by atoms with Gasteiger partial charge in [-0.25, -0.2) is 8.42 Å². The lowest BCUT2D eigenvalue weighted by atomic mass is 10.1. The maximum absolute atomic E-state index is 14.2. The number of benzene rings is 3. The second kappa shape index (κ2) is 14.6. The number of sulfonamides is 1. The van der Waals surface area contributed by atoms with Crippen LogP contribution in [0, 0.1) is 0 Å². The van der Waals surface area contributed by atoms with Crippen molar-refractivity contribution in [1.82, 2.24) is 10.2 Å². The molecule has 4 rings (SSSR count). The van der Waals surface area contributed by atoms with Gasteiger partial charge in [0, 0.05) is 17.6 Å². The van der Waals surface area contributed by atoms with Gasteiger partial charge in [0.1, 0.15) is 18.3 Å². The Morgan fingerprint density at radius 2 is 1.60 bits per heavy atom. The minimum Gasteiger partial charge on any atom is -0.494 e. The molecule has 1 aliphatic rings. The third-order valence-corrected chi connectivity index (χ3v) is 9.44. The largest absolute Gasteiger partial charge is 0.494 e. The number of ether oxygens (including phenoxy) is 1. The van der Waals surface area contributed by atoms with Gasteiger partial charge in [-0.05, 0) is 80.3 Å². The standard InChI is InChI=1S/C32H38ClN3O5S/c1-3-30(32(38)34-26-10-8-9-11-26)35(22-24-14-16-25(33)17-15-24)31(37)23-36(27-12-6-5-7-13-27)42(39,40)29-20-18-28(19-21-29)41-4-2/h5-7,12-21,26,30H,3-4,8-11,22-23H2,1-2H3,(H,34,38). The van der Waals surface area contributed by atoms with Crippen molar-refractivity contribution in [3.8, 4) is 5.75 Å². The van der Waals surface area contributed by atoms with Gasteiger partial charge in [-0.2, -0.15) is 0 Å². The molecule has 10 heteroatoms. The molecule has 0 radical (unpaired) electrons. The van der Waals surface area contributed by atoms with E-state index in [1.165, 1.54) is 17.0 Å².